The van der Waals surface area contributed by atoms with Gasteiger partial charge in [0.15, 0.2) is 5.82 Å². The molecule has 4 rings (SSSR count). The molecule has 1 saturated heterocycles. The van der Waals surface area contributed by atoms with E-state index in [0.29, 0.717) is 6.54 Å². The Bertz CT molecular complexity index is 758. The zero-order valence-electron chi connectivity index (χ0n) is 13.3. The lowest BCUT2D eigenvalue weighted by Gasteiger charge is -2.30. The number of hydrogen-bond donors (Lipinski definition) is 0. The molecule has 120 valence electrons. The first kappa shape index (κ1) is 14.9. The maximum Gasteiger partial charge on any atom is 0.159 e. The number of hydrogen-bond acceptors (Lipinski definition) is 4. The van der Waals surface area contributed by atoms with Crippen molar-refractivity contribution in [3.8, 4) is 5.69 Å². The Balaban J connectivity index is 1.88. The van der Waals surface area contributed by atoms with Crippen LogP contribution in [0.2, 0.25) is 0 Å². The Kier molecular flexibility index (Phi) is 3.93. The molecule has 0 amide bonds. The van der Waals surface area contributed by atoms with Gasteiger partial charge in [0, 0.05) is 29.5 Å². The third-order valence-electron chi connectivity index (χ3n) is 4.58. The van der Waals surface area contributed by atoms with E-state index in [0.717, 1.165) is 47.2 Å². The molecule has 2 aliphatic rings. The molecule has 1 aromatic carbocycles. The van der Waals surface area contributed by atoms with Crippen LogP contribution in [-0.2, 0) is 13.0 Å². The van der Waals surface area contributed by atoms with Crippen LogP contribution in [0, 0.1) is 0 Å². The van der Waals surface area contributed by atoms with Crippen LogP contribution in [0.25, 0.3) is 5.69 Å². The molecule has 1 fully saturated rings. The van der Waals surface area contributed by atoms with Crippen molar-refractivity contribution in [2.75, 3.05) is 13.1 Å². The van der Waals surface area contributed by atoms with Gasteiger partial charge in [-0.15, -0.1) is 10.2 Å². The maximum absolute atomic E-state index is 4.92. The van der Waals surface area contributed by atoms with Crippen molar-refractivity contribution in [1.82, 2.24) is 19.7 Å². The predicted molar refractivity (Wildman–Crippen MR) is 94.1 cm³/mol. The average molecular weight is 374 g/mol. The summed E-state index contributed by atoms with van der Waals surface area (Å²) in [6.07, 6.45) is 4.67. The molecule has 0 unspecified atom stereocenters. The Hall–Kier alpha value is -1.69. The lowest BCUT2D eigenvalue weighted by Crippen LogP contribution is -2.36. The van der Waals surface area contributed by atoms with Gasteiger partial charge in [0.25, 0.3) is 0 Å². The van der Waals surface area contributed by atoms with E-state index in [1.165, 1.54) is 24.8 Å². The number of fused-ring (bicyclic) bond motifs is 3. The molecular formula is C17H20BrN5. The third kappa shape index (κ3) is 2.59. The van der Waals surface area contributed by atoms with Gasteiger partial charge in [0.2, 0.25) is 0 Å². The lowest BCUT2D eigenvalue weighted by molar-refractivity contribution is 0.342. The number of aryl methyl sites for hydroxylation is 1. The number of benzene rings is 1. The second kappa shape index (κ2) is 6.07. The van der Waals surface area contributed by atoms with Crippen molar-refractivity contribution >= 4 is 21.8 Å². The number of amidine groups is 1. The van der Waals surface area contributed by atoms with Crippen molar-refractivity contribution in [3.05, 3.63) is 39.9 Å². The smallest absolute Gasteiger partial charge is 0.159 e. The van der Waals surface area contributed by atoms with E-state index < -0.39 is 0 Å². The van der Waals surface area contributed by atoms with Gasteiger partial charge in [-0.05, 0) is 37.5 Å². The number of halogens is 1. The second-order valence-corrected chi connectivity index (χ2v) is 6.99. The molecular weight excluding hydrogens is 354 g/mol. The first-order valence-corrected chi connectivity index (χ1v) is 9.10. The summed E-state index contributed by atoms with van der Waals surface area (Å²) in [5, 5.41) is 8.70. The summed E-state index contributed by atoms with van der Waals surface area (Å²) in [5.41, 5.74) is 2.32. The monoisotopic (exact) mass is 373 g/mol. The Morgan fingerprint density at radius 1 is 1.13 bits per heavy atom. The summed E-state index contributed by atoms with van der Waals surface area (Å²) in [4.78, 5) is 7.35. The zero-order valence-corrected chi connectivity index (χ0v) is 14.9. The minimum atomic E-state index is 0.588. The first-order valence-electron chi connectivity index (χ1n) is 8.31. The zero-order chi connectivity index (χ0) is 15.8. The summed E-state index contributed by atoms with van der Waals surface area (Å²) in [6.45, 7) is 4.89. The molecule has 0 saturated carbocycles. The van der Waals surface area contributed by atoms with Gasteiger partial charge < -0.3 is 4.90 Å². The van der Waals surface area contributed by atoms with E-state index in [9.17, 15) is 0 Å². The van der Waals surface area contributed by atoms with Crippen molar-refractivity contribution in [3.63, 3.8) is 0 Å². The minimum absolute atomic E-state index is 0.588. The van der Waals surface area contributed by atoms with Crippen molar-refractivity contribution in [1.29, 1.82) is 0 Å². The van der Waals surface area contributed by atoms with Crippen LogP contribution < -0.4 is 0 Å². The van der Waals surface area contributed by atoms with Crippen molar-refractivity contribution in [2.45, 2.75) is 39.2 Å². The normalized spacial score (nSPS) is 17.3. The molecule has 0 N–H and O–H groups in total. The topological polar surface area (TPSA) is 46.3 Å². The van der Waals surface area contributed by atoms with Crippen LogP contribution in [0.15, 0.2) is 27.7 Å². The van der Waals surface area contributed by atoms with E-state index >= 15 is 0 Å². The van der Waals surface area contributed by atoms with Crippen LogP contribution in [0.5, 0.6) is 0 Å². The third-order valence-corrected chi connectivity index (χ3v) is 5.07. The molecule has 0 aliphatic carbocycles. The molecule has 2 aromatic rings. The number of rotatable bonds is 1. The number of nitrogens with zero attached hydrogens (tertiary/aromatic N) is 5. The predicted octanol–water partition coefficient (Wildman–Crippen LogP) is 3.34. The van der Waals surface area contributed by atoms with Gasteiger partial charge in [-0.3, -0.25) is 9.56 Å². The molecule has 1 aromatic heterocycles. The van der Waals surface area contributed by atoms with Gasteiger partial charge in [-0.2, -0.15) is 0 Å². The summed E-state index contributed by atoms with van der Waals surface area (Å²) in [6, 6.07) is 6.41. The highest BCUT2D eigenvalue weighted by Gasteiger charge is 2.25. The SMILES string of the molecule is CCc1nnc2n1-c1ccc(Br)cc1C(N1CCCCC1)=NC2. The molecule has 0 spiro atoms. The average Bonchev–Trinajstić information content (AvgIpc) is 2.92. The fraction of sp³-hybridized carbons (Fsp3) is 0.471. The number of aromatic nitrogens is 3. The van der Waals surface area contributed by atoms with E-state index in [1.807, 2.05) is 0 Å². The van der Waals surface area contributed by atoms with Gasteiger partial charge in [0.1, 0.15) is 18.2 Å². The van der Waals surface area contributed by atoms with Gasteiger partial charge >= 0.3 is 0 Å². The van der Waals surface area contributed by atoms with E-state index in [2.05, 4.69) is 60.7 Å². The Morgan fingerprint density at radius 2 is 1.96 bits per heavy atom. The largest absolute Gasteiger partial charge is 0.356 e. The second-order valence-electron chi connectivity index (χ2n) is 6.07. The summed E-state index contributed by atoms with van der Waals surface area (Å²) < 4.78 is 3.26. The minimum Gasteiger partial charge on any atom is -0.356 e. The number of likely N-dealkylation sites (tertiary alicyclic amines) is 1. The van der Waals surface area contributed by atoms with Crippen LogP contribution in [0.4, 0.5) is 0 Å². The standard InChI is InChI=1S/C17H20BrN5/c1-2-15-20-21-16-11-19-17(22-8-4-3-5-9-22)13-10-12(18)6-7-14(13)23(15)16/h6-7,10H,2-5,8-9,11H2,1H3. The molecule has 3 heterocycles. The summed E-state index contributed by atoms with van der Waals surface area (Å²) in [7, 11) is 0. The Morgan fingerprint density at radius 3 is 2.74 bits per heavy atom. The summed E-state index contributed by atoms with van der Waals surface area (Å²) >= 11 is 3.62. The molecule has 6 heteroatoms. The molecule has 23 heavy (non-hydrogen) atoms. The molecule has 2 aliphatic heterocycles. The van der Waals surface area contributed by atoms with Gasteiger partial charge in [-0.25, -0.2) is 0 Å². The lowest BCUT2D eigenvalue weighted by atomic mass is 10.1. The van der Waals surface area contributed by atoms with E-state index in [4.69, 9.17) is 4.99 Å². The number of aliphatic imine (C=N–C) groups is 1. The fourth-order valence-electron chi connectivity index (χ4n) is 3.45. The molecule has 5 nitrogen and oxygen atoms in total. The first-order chi connectivity index (χ1) is 11.3. The molecule has 0 atom stereocenters. The van der Waals surface area contributed by atoms with E-state index in [1.54, 1.807) is 0 Å². The highest BCUT2D eigenvalue weighted by atomic mass is 79.9. The van der Waals surface area contributed by atoms with Crippen LogP contribution in [-0.4, -0.2) is 38.6 Å². The highest BCUT2D eigenvalue weighted by Crippen LogP contribution is 2.28. The molecule has 0 bridgehead atoms. The van der Waals surface area contributed by atoms with Gasteiger partial charge in [-0.1, -0.05) is 22.9 Å². The van der Waals surface area contributed by atoms with Crippen LogP contribution >= 0.6 is 15.9 Å². The van der Waals surface area contributed by atoms with Gasteiger partial charge in [0.05, 0.1) is 5.69 Å². The Labute approximate surface area is 144 Å². The highest BCUT2D eigenvalue weighted by molar-refractivity contribution is 9.10. The van der Waals surface area contributed by atoms with Crippen molar-refractivity contribution in [2.24, 2.45) is 4.99 Å². The summed E-state index contributed by atoms with van der Waals surface area (Å²) in [5.74, 6) is 3.03. The van der Waals surface area contributed by atoms with Crippen molar-refractivity contribution < 1.29 is 0 Å². The van der Waals surface area contributed by atoms with E-state index in [-0.39, 0.29) is 0 Å². The number of piperidine rings is 1. The quantitative estimate of drug-likeness (QED) is 0.769. The fourth-order valence-corrected chi connectivity index (χ4v) is 3.81. The maximum atomic E-state index is 4.92. The molecule has 0 radical (unpaired) electrons. The van der Waals surface area contributed by atoms with Crippen LogP contribution in [0.3, 0.4) is 0 Å². The van der Waals surface area contributed by atoms with Crippen LogP contribution in [0.1, 0.15) is 43.4 Å².